The average molecular weight is 304 g/mol. The Labute approximate surface area is 106 Å². The molecule has 0 aliphatic heterocycles. The van der Waals surface area contributed by atoms with Gasteiger partial charge in [0.25, 0.3) is 0 Å². The largest absolute Gasteiger partial charge is 0.456 e. The molecule has 0 amide bonds. The number of halogens is 3. The summed E-state index contributed by atoms with van der Waals surface area (Å²) in [5.74, 6) is -1.28. The van der Waals surface area contributed by atoms with Crippen molar-refractivity contribution in [2.24, 2.45) is 0 Å². The molecule has 0 bridgehead atoms. The van der Waals surface area contributed by atoms with Crippen molar-refractivity contribution in [1.29, 1.82) is 0 Å². The number of hydrogen-bond donors (Lipinski definition) is 1. The second kappa shape index (κ2) is 4.74. The molecule has 0 unspecified atom stereocenters. The van der Waals surface area contributed by atoms with E-state index in [0.717, 1.165) is 6.07 Å². The van der Waals surface area contributed by atoms with Crippen LogP contribution < -0.4 is 5.32 Å². The van der Waals surface area contributed by atoms with Crippen LogP contribution in [-0.2, 0) is 6.54 Å². The maximum absolute atomic E-state index is 13.5. The van der Waals surface area contributed by atoms with Gasteiger partial charge >= 0.3 is 0 Å². The minimum Gasteiger partial charge on any atom is -0.456 e. The Morgan fingerprint density at radius 1 is 1.35 bits per heavy atom. The van der Waals surface area contributed by atoms with E-state index in [4.69, 9.17) is 4.42 Å². The zero-order valence-corrected chi connectivity index (χ0v) is 11.1. The van der Waals surface area contributed by atoms with Crippen molar-refractivity contribution in [3.05, 3.63) is 34.0 Å². The minimum absolute atomic E-state index is 0.0440. The number of rotatable bonds is 3. The summed E-state index contributed by atoms with van der Waals surface area (Å²) in [6.45, 7) is 4.48. The van der Waals surface area contributed by atoms with Crippen LogP contribution in [0.5, 0.6) is 0 Å². The van der Waals surface area contributed by atoms with E-state index in [2.05, 4.69) is 21.2 Å². The number of fused-ring (bicyclic) bond motifs is 1. The topological polar surface area (TPSA) is 25.2 Å². The highest BCUT2D eigenvalue weighted by Crippen LogP contribution is 2.31. The Bertz CT molecular complexity index is 551. The van der Waals surface area contributed by atoms with E-state index in [1.165, 1.54) is 0 Å². The molecule has 17 heavy (non-hydrogen) atoms. The maximum atomic E-state index is 13.5. The lowest BCUT2D eigenvalue weighted by Gasteiger charge is -2.04. The molecule has 5 heteroatoms. The number of furan rings is 1. The summed E-state index contributed by atoms with van der Waals surface area (Å²) < 4.78 is 32.4. The lowest BCUT2D eigenvalue weighted by molar-refractivity contribution is 0.459. The van der Waals surface area contributed by atoms with Crippen LogP contribution in [0.2, 0.25) is 0 Å². The molecule has 0 aliphatic carbocycles. The second-order valence-electron chi connectivity index (χ2n) is 4.15. The summed E-state index contributed by atoms with van der Waals surface area (Å²) in [6, 6.07) is 3.11. The summed E-state index contributed by atoms with van der Waals surface area (Å²) >= 11 is 3.19. The molecule has 0 atom stereocenters. The summed E-state index contributed by atoms with van der Waals surface area (Å²) in [6.07, 6.45) is 0. The van der Waals surface area contributed by atoms with Gasteiger partial charge in [-0.3, -0.25) is 0 Å². The maximum Gasteiger partial charge on any atom is 0.201 e. The molecular formula is C12H12BrF2NO. The van der Waals surface area contributed by atoms with E-state index in [1.807, 2.05) is 13.8 Å². The molecule has 0 spiro atoms. The first-order chi connectivity index (χ1) is 7.99. The molecular weight excluding hydrogens is 292 g/mol. The van der Waals surface area contributed by atoms with Gasteiger partial charge in [-0.25, -0.2) is 4.39 Å². The van der Waals surface area contributed by atoms with Crippen molar-refractivity contribution in [3.8, 4) is 0 Å². The first-order valence-electron chi connectivity index (χ1n) is 5.28. The van der Waals surface area contributed by atoms with Crippen molar-refractivity contribution in [3.63, 3.8) is 0 Å². The van der Waals surface area contributed by atoms with Crippen molar-refractivity contribution in [2.45, 2.75) is 26.4 Å². The first kappa shape index (κ1) is 12.5. The van der Waals surface area contributed by atoms with Gasteiger partial charge in [-0.1, -0.05) is 13.8 Å². The van der Waals surface area contributed by atoms with Crippen LogP contribution >= 0.6 is 15.9 Å². The molecule has 0 fully saturated rings. The molecule has 92 valence electrons. The van der Waals surface area contributed by atoms with E-state index in [0.29, 0.717) is 28.2 Å². The Morgan fingerprint density at radius 2 is 2.06 bits per heavy atom. The fraction of sp³-hybridized carbons (Fsp3) is 0.333. The normalized spacial score (nSPS) is 11.6. The zero-order chi connectivity index (χ0) is 12.6. The lowest BCUT2D eigenvalue weighted by Crippen LogP contribution is -2.21. The van der Waals surface area contributed by atoms with Crippen LogP contribution in [0.25, 0.3) is 11.0 Å². The Morgan fingerprint density at radius 3 is 2.71 bits per heavy atom. The fourth-order valence-electron chi connectivity index (χ4n) is 1.54. The van der Waals surface area contributed by atoms with Gasteiger partial charge in [-0.15, -0.1) is 0 Å². The first-order valence-corrected chi connectivity index (χ1v) is 6.07. The minimum atomic E-state index is -0.945. The van der Waals surface area contributed by atoms with Gasteiger partial charge in [0.2, 0.25) is 5.82 Å². The van der Waals surface area contributed by atoms with Crippen molar-refractivity contribution < 1.29 is 13.2 Å². The highest BCUT2D eigenvalue weighted by molar-refractivity contribution is 9.10. The molecule has 1 aromatic carbocycles. The molecule has 1 aromatic heterocycles. The molecule has 0 saturated heterocycles. The predicted molar refractivity (Wildman–Crippen MR) is 65.8 cm³/mol. The van der Waals surface area contributed by atoms with E-state index in [1.54, 1.807) is 6.07 Å². The second-order valence-corrected chi connectivity index (χ2v) is 5.00. The fourth-order valence-corrected chi connectivity index (χ4v) is 2.03. The zero-order valence-electron chi connectivity index (χ0n) is 9.48. The number of nitrogens with one attached hydrogen (secondary N) is 1. The van der Waals surface area contributed by atoms with Crippen LogP contribution in [0.1, 0.15) is 19.6 Å². The van der Waals surface area contributed by atoms with Gasteiger partial charge in [0.15, 0.2) is 11.4 Å². The third kappa shape index (κ3) is 2.50. The van der Waals surface area contributed by atoms with Gasteiger partial charge in [0.1, 0.15) is 5.76 Å². The smallest absolute Gasteiger partial charge is 0.201 e. The number of benzene rings is 1. The Kier molecular flexibility index (Phi) is 3.49. The SMILES string of the molecule is CC(C)NCc1cc2c(Br)cc(F)c(F)c2o1. The molecule has 0 aliphatic rings. The third-order valence-corrected chi connectivity index (χ3v) is 3.04. The summed E-state index contributed by atoms with van der Waals surface area (Å²) in [5.41, 5.74) is -0.0440. The van der Waals surface area contributed by atoms with Crippen molar-refractivity contribution >= 4 is 26.9 Å². The summed E-state index contributed by atoms with van der Waals surface area (Å²) in [7, 11) is 0. The molecule has 2 rings (SSSR count). The van der Waals surface area contributed by atoms with Gasteiger partial charge in [0, 0.05) is 15.9 Å². The molecule has 2 aromatic rings. The molecule has 0 radical (unpaired) electrons. The standard InChI is InChI=1S/C12H12BrF2NO/c1-6(2)16-5-7-3-8-9(13)4-10(14)11(15)12(8)17-7/h3-4,6,16H,5H2,1-2H3. The molecule has 1 N–H and O–H groups in total. The van der Waals surface area contributed by atoms with E-state index < -0.39 is 11.6 Å². The Balaban J connectivity index is 2.43. The van der Waals surface area contributed by atoms with Crippen LogP contribution in [0, 0.1) is 11.6 Å². The van der Waals surface area contributed by atoms with Gasteiger partial charge in [-0.05, 0) is 28.1 Å². The monoisotopic (exact) mass is 303 g/mol. The van der Waals surface area contributed by atoms with Crippen LogP contribution in [0.3, 0.4) is 0 Å². The van der Waals surface area contributed by atoms with Gasteiger partial charge < -0.3 is 9.73 Å². The van der Waals surface area contributed by atoms with Gasteiger partial charge in [-0.2, -0.15) is 4.39 Å². The van der Waals surface area contributed by atoms with Gasteiger partial charge in [0.05, 0.1) is 6.54 Å². The highest BCUT2D eigenvalue weighted by atomic mass is 79.9. The summed E-state index contributed by atoms with van der Waals surface area (Å²) in [4.78, 5) is 0. The van der Waals surface area contributed by atoms with E-state index in [9.17, 15) is 8.78 Å². The van der Waals surface area contributed by atoms with Crippen LogP contribution in [0.15, 0.2) is 21.0 Å². The van der Waals surface area contributed by atoms with Crippen molar-refractivity contribution in [2.75, 3.05) is 0 Å². The van der Waals surface area contributed by atoms with Crippen LogP contribution in [0.4, 0.5) is 8.78 Å². The quantitative estimate of drug-likeness (QED) is 0.868. The molecule has 0 saturated carbocycles. The summed E-state index contributed by atoms with van der Waals surface area (Å²) in [5, 5.41) is 3.70. The lowest BCUT2D eigenvalue weighted by atomic mass is 10.2. The van der Waals surface area contributed by atoms with Crippen molar-refractivity contribution in [1.82, 2.24) is 5.32 Å². The average Bonchev–Trinajstić information content (AvgIpc) is 2.68. The van der Waals surface area contributed by atoms with Crippen LogP contribution in [-0.4, -0.2) is 6.04 Å². The third-order valence-electron chi connectivity index (χ3n) is 2.39. The molecule has 2 nitrogen and oxygen atoms in total. The molecule has 1 heterocycles. The predicted octanol–water partition coefficient (Wildman–Crippen LogP) is 3.97. The van der Waals surface area contributed by atoms with E-state index in [-0.39, 0.29) is 5.58 Å². The highest BCUT2D eigenvalue weighted by Gasteiger charge is 2.16. The van der Waals surface area contributed by atoms with E-state index >= 15 is 0 Å². The number of hydrogen-bond acceptors (Lipinski definition) is 2. The Hall–Kier alpha value is -0.940.